The maximum atomic E-state index is 9.73. The molecule has 0 aliphatic rings. The summed E-state index contributed by atoms with van der Waals surface area (Å²) in [4.78, 5) is 8.79. The van der Waals surface area contributed by atoms with Gasteiger partial charge in [-0.05, 0) is 31.9 Å². The van der Waals surface area contributed by atoms with E-state index in [1.165, 1.54) is 0 Å². The maximum absolute atomic E-state index is 9.73. The van der Waals surface area contributed by atoms with Crippen LogP contribution in [0, 0.1) is 6.92 Å². The van der Waals surface area contributed by atoms with Crippen molar-refractivity contribution in [2.45, 2.75) is 45.6 Å². The predicted molar refractivity (Wildman–Crippen MR) is 87.3 cm³/mol. The van der Waals surface area contributed by atoms with Gasteiger partial charge in [-0.25, -0.2) is 4.98 Å². The van der Waals surface area contributed by atoms with Gasteiger partial charge in [0, 0.05) is 12.3 Å². The molecule has 0 saturated carbocycles. The van der Waals surface area contributed by atoms with E-state index < -0.39 is 0 Å². The molecule has 114 valence electrons. The highest BCUT2D eigenvalue weighted by atomic mass is 16.3. The number of hydrogen-bond acceptors (Lipinski definition) is 5. The number of aryl methyl sites for hydroxylation is 1. The van der Waals surface area contributed by atoms with E-state index in [1.807, 2.05) is 26.1 Å². The number of aliphatic hydroxyl groups excluding tert-OH is 1. The molecule has 21 heavy (non-hydrogen) atoms. The Labute approximate surface area is 125 Å². The minimum Gasteiger partial charge on any atom is -0.394 e. The van der Waals surface area contributed by atoms with E-state index in [-0.39, 0.29) is 12.1 Å². The van der Waals surface area contributed by atoms with E-state index in [9.17, 15) is 5.11 Å². The van der Waals surface area contributed by atoms with Gasteiger partial charge in [-0.2, -0.15) is 0 Å². The monoisotopic (exact) mass is 288 g/mol. The van der Waals surface area contributed by atoms with Gasteiger partial charge in [-0.15, -0.1) is 0 Å². The molecule has 1 unspecified atom stereocenters. The second-order valence-corrected chi connectivity index (χ2v) is 5.92. The lowest BCUT2D eigenvalue weighted by Gasteiger charge is -2.30. The van der Waals surface area contributed by atoms with Gasteiger partial charge in [-0.3, -0.25) is 4.98 Å². The SMILES string of the molecule is CCCCC(C)(CO)Nc1cc(N)nc2cc(C)cnc12. The van der Waals surface area contributed by atoms with Crippen molar-refractivity contribution in [3.05, 3.63) is 23.9 Å². The maximum Gasteiger partial charge on any atom is 0.126 e. The Morgan fingerprint density at radius 2 is 2.14 bits per heavy atom. The van der Waals surface area contributed by atoms with Gasteiger partial charge in [0.25, 0.3) is 0 Å². The summed E-state index contributed by atoms with van der Waals surface area (Å²) in [6.45, 7) is 6.19. The van der Waals surface area contributed by atoms with Crippen molar-refractivity contribution in [1.29, 1.82) is 0 Å². The lowest BCUT2D eigenvalue weighted by atomic mass is 9.95. The van der Waals surface area contributed by atoms with Crippen LogP contribution in [0.4, 0.5) is 11.5 Å². The molecule has 0 bridgehead atoms. The van der Waals surface area contributed by atoms with Crippen LogP contribution in [0.3, 0.4) is 0 Å². The average molecular weight is 288 g/mol. The second kappa shape index (κ2) is 6.26. The molecule has 0 fully saturated rings. The molecular weight excluding hydrogens is 264 g/mol. The number of fused-ring (bicyclic) bond motifs is 1. The molecular formula is C16H24N4O. The molecule has 5 heteroatoms. The summed E-state index contributed by atoms with van der Waals surface area (Å²) < 4.78 is 0. The number of nitrogens with zero attached hydrogens (tertiary/aromatic N) is 2. The molecule has 0 amide bonds. The van der Waals surface area contributed by atoms with Gasteiger partial charge in [0.05, 0.1) is 23.3 Å². The molecule has 0 spiro atoms. The van der Waals surface area contributed by atoms with Gasteiger partial charge < -0.3 is 16.2 Å². The topological polar surface area (TPSA) is 84.1 Å². The minimum atomic E-state index is -0.386. The van der Waals surface area contributed by atoms with Crippen molar-refractivity contribution in [2.24, 2.45) is 0 Å². The first kappa shape index (κ1) is 15.5. The number of aromatic nitrogens is 2. The molecule has 5 nitrogen and oxygen atoms in total. The first-order valence-corrected chi connectivity index (χ1v) is 7.39. The third kappa shape index (κ3) is 3.61. The summed E-state index contributed by atoms with van der Waals surface area (Å²) in [5.74, 6) is 0.452. The highest BCUT2D eigenvalue weighted by Gasteiger charge is 2.23. The molecule has 0 radical (unpaired) electrons. The van der Waals surface area contributed by atoms with Gasteiger partial charge in [0.2, 0.25) is 0 Å². The number of unbranched alkanes of at least 4 members (excludes halogenated alkanes) is 1. The average Bonchev–Trinajstić information content (AvgIpc) is 2.44. The first-order valence-electron chi connectivity index (χ1n) is 7.39. The van der Waals surface area contributed by atoms with E-state index in [4.69, 9.17) is 5.73 Å². The zero-order chi connectivity index (χ0) is 15.5. The normalized spacial score (nSPS) is 14.1. The molecule has 2 rings (SSSR count). The van der Waals surface area contributed by atoms with Crippen molar-refractivity contribution < 1.29 is 5.11 Å². The Bertz CT molecular complexity index is 624. The van der Waals surface area contributed by atoms with Crippen LogP contribution in [0.1, 0.15) is 38.7 Å². The summed E-state index contributed by atoms with van der Waals surface area (Å²) in [5, 5.41) is 13.1. The molecule has 0 aromatic carbocycles. The van der Waals surface area contributed by atoms with Crippen LogP contribution in [-0.4, -0.2) is 27.2 Å². The zero-order valence-electron chi connectivity index (χ0n) is 13.0. The van der Waals surface area contributed by atoms with E-state index in [2.05, 4.69) is 22.2 Å². The number of aliphatic hydroxyl groups is 1. The molecule has 2 aromatic heterocycles. The largest absolute Gasteiger partial charge is 0.394 e. The summed E-state index contributed by atoms with van der Waals surface area (Å²) >= 11 is 0. The Balaban J connectivity index is 2.41. The highest BCUT2D eigenvalue weighted by molar-refractivity contribution is 5.89. The number of nitrogen functional groups attached to an aromatic ring is 1. The first-order chi connectivity index (χ1) is 9.97. The van der Waals surface area contributed by atoms with Crippen LogP contribution in [0.2, 0.25) is 0 Å². The van der Waals surface area contributed by atoms with Crippen LogP contribution in [0.15, 0.2) is 18.3 Å². The van der Waals surface area contributed by atoms with E-state index in [0.29, 0.717) is 5.82 Å². The number of nitrogens with one attached hydrogen (secondary N) is 1. The zero-order valence-corrected chi connectivity index (χ0v) is 13.0. The molecule has 4 N–H and O–H groups in total. The fourth-order valence-corrected chi connectivity index (χ4v) is 2.40. The molecule has 0 saturated heterocycles. The van der Waals surface area contributed by atoms with Crippen LogP contribution >= 0.6 is 0 Å². The number of nitrogens with two attached hydrogens (primary N) is 1. The summed E-state index contributed by atoms with van der Waals surface area (Å²) in [5.41, 5.74) is 8.93. The van der Waals surface area contributed by atoms with Crippen LogP contribution in [0.25, 0.3) is 11.0 Å². The highest BCUT2D eigenvalue weighted by Crippen LogP contribution is 2.27. The van der Waals surface area contributed by atoms with Crippen LogP contribution in [0.5, 0.6) is 0 Å². The summed E-state index contributed by atoms with van der Waals surface area (Å²) in [6, 6.07) is 3.75. The standard InChI is InChI=1S/C16H24N4O/c1-4-5-6-16(3,10-21)20-13-8-14(17)19-12-7-11(2)9-18-15(12)13/h7-9,21H,4-6,10H2,1-3H3,(H3,17,19,20). The molecule has 1 atom stereocenters. The Kier molecular flexibility index (Phi) is 4.63. The fourth-order valence-electron chi connectivity index (χ4n) is 2.40. The summed E-state index contributed by atoms with van der Waals surface area (Å²) in [6.07, 6.45) is 4.84. The Morgan fingerprint density at radius 1 is 1.38 bits per heavy atom. The van der Waals surface area contributed by atoms with Crippen LogP contribution < -0.4 is 11.1 Å². The van der Waals surface area contributed by atoms with Crippen molar-refractivity contribution in [3.63, 3.8) is 0 Å². The van der Waals surface area contributed by atoms with Gasteiger partial charge in [0.15, 0.2) is 0 Å². The second-order valence-electron chi connectivity index (χ2n) is 5.92. The smallest absolute Gasteiger partial charge is 0.126 e. The molecule has 2 heterocycles. The van der Waals surface area contributed by atoms with Crippen molar-refractivity contribution in [1.82, 2.24) is 9.97 Å². The van der Waals surface area contributed by atoms with Crippen LogP contribution in [-0.2, 0) is 0 Å². The quantitative estimate of drug-likeness (QED) is 0.761. The Hall–Kier alpha value is -1.88. The minimum absolute atomic E-state index is 0.0581. The van der Waals surface area contributed by atoms with Gasteiger partial charge in [0.1, 0.15) is 11.3 Å². The lowest BCUT2D eigenvalue weighted by molar-refractivity contribution is 0.212. The number of pyridine rings is 2. The summed E-state index contributed by atoms with van der Waals surface area (Å²) in [7, 11) is 0. The number of anilines is 2. The third-order valence-corrected chi connectivity index (χ3v) is 3.67. The van der Waals surface area contributed by atoms with Crippen molar-refractivity contribution in [2.75, 3.05) is 17.7 Å². The number of hydrogen-bond donors (Lipinski definition) is 3. The molecule has 2 aromatic rings. The lowest BCUT2D eigenvalue weighted by Crippen LogP contribution is -2.38. The van der Waals surface area contributed by atoms with Crippen molar-refractivity contribution >= 4 is 22.5 Å². The van der Waals surface area contributed by atoms with Gasteiger partial charge >= 0.3 is 0 Å². The van der Waals surface area contributed by atoms with E-state index in [0.717, 1.165) is 41.5 Å². The number of rotatable bonds is 6. The van der Waals surface area contributed by atoms with Crippen molar-refractivity contribution in [3.8, 4) is 0 Å². The van der Waals surface area contributed by atoms with E-state index >= 15 is 0 Å². The molecule has 0 aliphatic carbocycles. The fraction of sp³-hybridized carbons (Fsp3) is 0.500. The van der Waals surface area contributed by atoms with Gasteiger partial charge in [-0.1, -0.05) is 19.8 Å². The molecule has 0 aliphatic heterocycles. The third-order valence-electron chi connectivity index (χ3n) is 3.67. The predicted octanol–water partition coefficient (Wildman–Crippen LogP) is 2.87. The van der Waals surface area contributed by atoms with E-state index in [1.54, 1.807) is 6.07 Å². The Morgan fingerprint density at radius 3 is 2.81 bits per heavy atom.